The fourth-order valence-corrected chi connectivity index (χ4v) is 1.09. The quantitative estimate of drug-likeness (QED) is 0.629. The molecule has 2 heteroatoms. The number of benzene rings is 1. The Morgan fingerprint density at radius 1 is 1.40 bits per heavy atom. The van der Waals surface area contributed by atoms with Crippen LogP contribution in [-0.2, 0) is 0 Å². The predicted octanol–water partition coefficient (Wildman–Crippen LogP) is 3.31. The van der Waals surface area contributed by atoms with Crippen molar-refractivity contribution in [3.05, 3.63) is 36.4 Å². The van der Waals surface area contributed by atoms with E-state index in [-0.39, 0.29) is 12.1 Å². The molecule has 1 aromatic rings. The molecule has 0 saturated heterocycles. The molecule has 10 heavy (non-hydrogen) atoms. The minimum Gasteiger partial charge on any atom is -0.160 e. The fourth-order valence-electron chi connectivity index (χ4n) is 0.719. The Hall–Kier alpha value is -0.760. The Balaban J connectivity index is 3.08. The van der Waals surface area contributed by atoms with Crippen molar-refractivity contribution >= 4 is 18.2 Å². The number of hydrogen-bond donors (Lipinski definition) is 0. The molecule has 0 aliphatic heterocycles. The monoisotopic (exact) mass is 154 g/mol. The molecule has 0 fully saturated rings. The molecule has 0 radical (unpaired) electrons. The molecule has 0 unspecified atom stereocenters. The first kappa shape index (κ1) is 7.35. The van der Waals surface area contributed by atoms with Crippen LogP contribution in [0.15, 0.2) is 35.7 Å². The van der Waals surface area contributed by atoms with E-state index in [1.807, 2.05) is 12.1 Å². The van der Waals surface area contributed by atoms with Crippen molar-refractivity contribution in [1.29, 1.82) is 0 Å². The van der Waals surface area contributed by atoms with Gasteiger partial charge in [0.05, 0.1) is 12.1 Å². The van der Waals surface area contributed by atoms with E-state index in [1.54, 1.807) is 18.2 Å². The van der Waals surface area contributed by atoms with Gasteiger partial charge in [-0.2, -0.15) is 3.89 Å². The van der Waals surface area contributed by atoms with E-state index >= 15 is 0 Å². The molecule has 0 nitrogen and oxygen atoms in total. The third-order valence-electron chi connectivity index (χ3n) is 1.22. The van der Waals surface area contributed by atoms with Gasteiger partial charge >= 0.3 is 0 Å². The lowest BCUT2D eigenvalue weighted by Gasteiger charge is -1.96. The lowest BCUT2D eigenvalue weighted by atomic mass is 10.2. The van der Waals surface area contributed by atoms with Gasteiger partial charge in [0.1, 0.15) is 0 Å². The van der Waals surface area contributed by atoms with Gasteiger partial charge in [-0.3, -0.25) is 0 Å². The van der Waals surface area contributed by atoms with Gasteiger partial charge in [0.15, 0.2) is 0 Å². The minimum absolute atomic E-state index is 0.249. The number of rotatable bonds is 2. The minimum atomic E-state index is 0.249. The Morgan fingerprint density at radius 3 is 2.60 bits per heavy atom. The summed E-state index contributed by atoms with van der Waals surface area (Å²) in [5.41, 5.74) is 0.843. The SMILES string of the molecule is C=Cc1ccccc1SF. The first-order valence-corrected chi connectivity index (χ1v) is 3.60. The van der Waals surface area contributed by atoms with Gasteiger partial charge in [-0.25, -0.2) is 0 Å². The molecule has 0 N–H and O–H groups in total. The maximum atomic E-state index is 12.0. The van der Waals surface area contributed by atoms with Crippen LogP contribution in [0.1, 0.15) is 5.56 Å². The molecule has 0 amide bonds. The normalized spacial score (nSPS) is 9.30. The molecule has 0 aromatic heterocycles. The van der Waals surface area contributed by atoms with Crippen molar-refractivity contribution in [3.8, 4) is 0 Å². The van der Waals surface area contributed by atoms with Crippen molar-refractivity contribution in [3.63, 3.8) is 0 Å². The predicted molar refractivity (Wildman–Crippen MR) is 43.5 cm³/mol. The molecule has 0 aliphatic carbocycles. The van der Waals surface area contributed by atoms with Crippen LogP contribution in [0.5, 0.6) is 0 Å². The largest absolute Gasteiger partial charge is 0.160 e. The molecule has 0 saturated carbocycles. The zero-order valence-electron chi connectivity index (χ0n) is 5.38. The van der Waals surface area contributed by atoms with Gasteiger partial charge in [0.2, 0.25) is 0 Å². The summed E-state index contributed by atoms with van der Waals surface area (Å²) in [7, 11) is 0. The number of halogens is 1. The highest BCUT2D eigenvalue weighted by Crippen LogP contribution is 2.23. The Bertz CT molecular complexity index is 232. The second-order valence-electron chi connectivity index (χ2n) is 1.82. The fraction of sp³-hybridized carbons (Fsp3) is 0. The molecule has 0 atom stereocenters. The third-order valence-corrected chi connectivity index (χ3v) is 1.76. The van der Waals surface area contributed by atoms with E-state index in [9.17, 15) is 3.89 Å². The van der Waals surface area contributed by atoms with Crippen LogP contribution in [0.25, 0.3) is 6.08 Å². The first-order valence-electron chi connectivity index (χ1n) is 2.88. The zero-order valence-corrected chi connectivity index (χ0v) is 6.20. The summed E-state index contributed by atoms with van der Waals surface area (Å²) in [6.45, 7) is 3.56. The molecule has 1 rings (SSSR count). The maximum absolute atomic E-state index is 12.0. The summed E-state index contributed by atoms with van der Waals surface area (Å²) in [5, 5.41) is 0. The number of hydrogen-bond acceptors (Lipinski definition) is 1. The molecule has 0 spiro atoms. The van der Waals surface area contributed by atoms with Crippen LogP contribution in [0.2, 0.25) is 0 Å². The van der Waals surface area contributed by atoms with Crippen molar-refractivity contribution in [2.45, 2.75) is 4.90 Å². The van der Waals surface area contributed by atoms with E-state index in [1.165, 1.54) is 0 Å². The van der Waals surface area contributed by atoms with E-state index in [4.69, 9.17) is 0 Å². The van der Waals surface area contributed by atoms with Crippen LogP contribution >= 0.6 is 12.1 Å². The lowest BCUT2D eigenvalue weighted by molar-refractivity contribution is 0.933. The summed E-state index contributed by atoms with van der Waals surface area (Å²) in [4.78, 5) is 0.623. The van der Waals surface area contributed by atoms with Crippen molar-refractivity contribution in [2.75, 3.05) is 0 Å². The van der Waals surface area contributed by atoms with Crippen molar-refractivity contribution in [1.82, 2.24) is 0 Å². The Labute approximate surface area is 64.1 Å². The first-order chi connectivity index (χ1) is 4.88. The van der Waals surface area contributed by atoms with Gasteiger partial charge in [0, 0.05) is 4.90 Å². The van der Waals surface area contributed by atoms with Gasteiger partial charge in [-0.15, -0.1) is 0 Å². The zero-order chi connectivity index (χ0) is 7.40. The van der Waals surface area contributed by atoms with E-state index in [0.717, 1.165) is 5.56 Å². The maximum Gasteiger partial charge on any atom is 0.0818 e. The standard InChI is InChI=1S/C8H7FS/c1-2-7-5-3-4-6-8(7)10-9/h2-6H,1H2. The third kappa shape index (κ3) is 1.39. The van der Waals surface area contributed by atoms with E-state index in [2.05, 4.69) is 6.58 Å². The van der Waals surface area contributed by atoms with Crippen LogP contribution in [-0.4, -0.2) is 0 Å². The van der Waals surface area contributed by atoms with Gasteiger partial charge in [-0.05, 0) is 11.6 Å². The highest BCUT2D eigenvalue weighted by molar-refractivity contribution is 7.94. The smallest absolute Gasteiger partial charge is 0.0818 e. The molecular formula is C8H7FS. The summed E-state index contributed by atoms with van der Waals surface area (Å²) in [6, 6.07) is 7.21. The summed E-state index contributed by atoms with van der Waals surface area (Å²) >= 11 is 0.249. The van der Waals surface area contributed by atoms with E-state index in [0.29, 0.717) is 4.90 Å². The average molecular weight is 154 g/mol. The molecule has 52 valence electrons. The molecular weight excluding hydrogens is 147 g/mol. The van der Waals surface area contributed by atoms with E-state index < -0.39 is 0 Å². The summed E-state index contributed by atoms with van der Waals surface area (Å²) in [5.74, 6) is 0. The van der Waals surface area contributed by atoms with Crippen molar-refractivity contribution < 1.29 is 3.89 Å². The Kier molecular flexibility index (Phi) is 2.51. The second-order valence-corrected chi connectivity index (χ2v) is 2.41. The highest BCUT2D eigenvalue weighted by atomic mass is 32.2. The molecule has 0 bridgehead atoms. The van der Waals surface area contributed by atoms with Crippen LogP contribution in [0.4, 0.5) is 3.89 Å². The van der Waals surface area contributed by atoms with Crippen LogP contribution < -0.4 is 0 Å². The van der Waals surface area contributed by atoms with Gasteiger partial charge < -0.3 is 0 Å². The van der Waals surface area contributed by atoms with Gasteiger partial charge in [0.25, 0.3) is 0 Å². The van der Waals surface area contributed by atoms with Crippen LogP contribution in [0.3, 0.4) is 0 Å². The average Bonchev–Trinajstić information content (AvgIpc) is 2.04. The molecule has 1 aromatic carbocycles. The highest BCUT2D eigenvalue weighted by Gasteiger charge is 1.95. The van der Waals surface area contributed by atoms with Crippen LogP contribution in [0, 0.1) is 0 Å². The molecule has 0 aliphatic rings. The second kappa shape index (κ2) is 3.42. The lowest BCUT2D eigenvalue weighted by Crippen LogP contribution is -1.73. The van der Waals surface area contributed by atoms with Crippen molar-refractivity contribution in [2.24, 2.45) is 0 Å². The molecule has 0 heterocycles. The topological polar surface area (TPSA) is 0 Å². The summed E-state index contributed by atoms with van der Waals surface area (Å²) in [6.07, 6.45) is 1.64. The summed E-state index contributed by atoms with van der Waals surface area (Å²) < 4.78 is 12.0. The Morgan fingerprint density at radius 2 is 2.10 bits per heavy atom. The van der Waals surface area contributed by atoms with Gasteiger partial charge in [-0.1, -0.05) is 30.9 Å².